The van der Waals surface area contributed by atoms with E-state index in [1.165, 1.54) is 24.3 Å². The van der Waals surface area contributed by atoms with Crippen LogP contribution in [0.2, 0.25) is 0 Å². The average Bonchev–Trinajstić information content (AvgIpc) is 3.21. The topological polar surface area (TPSA) is 51.0 Å². The second-order valence-electron chi connectivity index (χ2n) is 6.30. The lowest BCUT2D eigenvalue weighted by Gasteiger charge is -2.16. The van der Waals surface area contributed by atoms with Crippen molar-refractivity contribution in [1.29, 1.82) is 0 Å². The van der Waals surface area contributed by atoms with Gasteiger partial charge in [0.1, 0.15) is 17.7 Å². The van der Waals surface area contributed by atoms with E-state index in [2.05, 4.69) is 15.5 Å². The summed E-state index contributed by atoms with van der Waals surface area (Å²) in [5, 5.41) is 11.7. The molecule has 1 atom stereocenters. The van der Waals surface area contributed by atoms with Gasteiger partial charge in [-0.25, -0.2) is 8.78 Å². The van der Waals surface area contributed by atoms with Crippen LogP contribution in [0, 0.1) is 11.6 Å². The zero-order chi connectivity index (χ0) is 19.3. The number of halogens is 2. The molecule has 0 fully saturated rings. The van der Waals surface area contributed by atoms with E-state index in [1.807, 2.05) is 30.3 Å². The number of nitrogens with one attached hydrogen (secondary N) is 1. The van der Waals surface area contributed by atoms with Crippen molar-refractivity contribution in [2.24, 2.45) is 0 Å². The van der Waals surface area contributed by atoms with Crippen molar-refractivity contribution in [3.05, 3.63) is 108 Å². The molecule has 0 saturated heterocycles. The first-order valence-corrected chi connectivity index (χ1v) is 8.81. The third-order valence-corrected chi connectivity index (χ3v) is 4.34. The zero-order valence-corrected chi connectivity index (χ0v) is 14.8. The lowest BCUT2D eigenvalue weighted by Crippen LogP contribution is -2.22. The Labute approximate surface area is 160 Å². The highest BCUT2D eigenvalue weighted by Gasteiger charge is 2.21. The molecule has 0 aliphatic heterocycles. The van der Waals surface area contributed by atoms with Crippen LogP contribution in [0.4, 0.5) is 8.78 Å². The lowest BCUT2D eigenvalue weighted by molar-refractivity contribution is 0.437. The van der Waals surface area contributed by atoms with Crippen molar-refractivity contribution < 1.29 is 13.2 Å². The number of aromatic nitrogens is 2. The molecule has 0 amide bonds. The second-order valence-corrected chi connectivity index (χ2v) is 6.30. The Morgan fingerprint density at radius 3 is 2.11 bits per heavy atom. The minimum absolute atomic E-state index is 0.289. The SMILES string of the molecule is Fc1ccc(CNC(c2ccc(F)cc2)c2nnc(-c3ccccc3)o2)cc1. The predicted octanol–water partition coefficient (Wildman–Crippen LogP) is 4.89. The van der Waals surface area contributed by atoms with E-state index in [9.17, 15) is 8.78 Å². The molecular weight excluding hydrogens is 360 g/mol. The molecule has 1 heterocycles. The molecule has 1 unspecified atom stereocenters. The van der Waals surface area contributed by atoms with Crippen LogP contribution < -0.4 is 5.32 Å². The van der Waals surface area contributed by atoms with E-state index >= 15 is 0 Å². The Balaban J connectivity index is 1.62. The standard InChI is InChI=1S/C22H17F2N3O/c23-18-10-6-15(7-11-18)14-25-20(16-8-12-19(24)13-9-16)22-27-26-21(28-22)17-4-2-1-3-5-17/h1-13,20,25H,14H2. The summed E-state index contributed by atoms with van der Waals surface area (Å²) in [5.74, 6) is 0.165. The van der Waals surface area contributed by atoms with Gasteiger partial charge in [0.2, 0.25) is 11.8 Å². The minimum Gasteiger partial charge on any atom is -0.419 e. The van der Waals surface area contributed by atoms with Crippen LogP contribution in [-0.2, 0) is 6.54 Å². The zero-order valence-electron chi connectivity index (χ0n) is 14.8. The molecule has 0 aliphatic rings. The van der Waals surface area contributed by atoms with Gasteiger partial charge in [-0.2, -0.15) is 0 Å². The molecule has 6 heteroatoms. The van der Waals surface area contributed by atoms with E-state index in [1.54, 1.807) is 24.3 Å². The van der Waals surface area contributed by atoms with Gasteiger partial charge in [0, 0.05) is 12.1 Å². The maximum absolute atomic E-state index is 13.4. The van der Waals surface area contributed by atoms with Crippen molar-refractivity contribution >= 4 is 0 Å². The summed E-state index contributed by atoms with van der Waals surface area (Å²) in [4.78, 5) is 0. The van der Waals surface area contributed by atoms with Crippen LogP contribution >= 0.6 is 0 Å². The molecule has 0 bridgehead atoms. The summed E-state index contributed by atoms with van der Waals surface area (Å²) in [6.07, 6.45) is 0. The van der Waals surface area contributed by atoms with E-state index < -0.39 is 6.04 Å². The Kier molecular flexibility index (Phi) is 5.21. The van der Waals surface area contributed by atoms with Crippen LogP contribution in [0.25, 0.3) is 11.5 Å². The molecule has 0 spiro atoms. The van der Waals surface area contributed by atoms with Crippen molar-refractivity contribution in [3.63, 3.8) is 0 Å². The normalized spacial score (nSPS) is 12.1. The third kappa shape index (κ3) is 4.13. The second kappa shape index (κ2) is 8.10. The average molecular weight is 377 g/mol. The fourth-order valence-corrected chi connectivity index (χ4v) is 2.87. The van der Waals surface area contributed by atoms with Gasteiger partial charge in [-0.15, -0.1) is 10.2 Å². The van der Waals surface area contributed by atoms with Crippen LogP contribution in [0.5, 0.6) is 0 Å². The first-order valence-electron chi connectivity index (χ1n) is 8.81. The van der Waals surface area contributed by atoms with Gasteiger partial charge < -0.3 is 4.42 Å². The van der Waals surface area contributed by atoms with Gasteiger partial charge in [-0.1, -0.05) is 42.5 Å². The number of hydrogen-bond donors (Lipinski definition) is 1. The number of nitrogens with zero attached hydrogens (tertiary/aromatic N) is 2. The van der Waals surface area contributed by atoms with Gasteiger partial charge in [0.05, 0.1) is 0 Å². The molecule has 1 aromatic heterocycles. The monoisotopic (exact) mass is 377 g/mol. The predicted molar refractivity (Wildman–Crippen MR) is 101 cm³/mol. The molecule has 140 valence electrons. The van der Waals surface area contributed by atoms with E-state index in [0.717, 1.165) is 16.7 Å². The maximum atomic E-state index is 13.4. The van der Waals surface area contributed by atoms with E-state index in [4.69, 9.17) is 4.42 Å². The minimum atomic E-state index is -0.435. The third-order valence-electron chi connectivity index (χ3n) is 4.34. The molecule has 0 aliphatic carbocycles. The summed E-state index contributed by atoms with van der Waals surface area (Å²) in [5.41, 5.74) is 2.50. The fourth-order valence-electron chi connectivity index (χ4n) is 2.87. The van der Waals surface area contributed by atoms with Crippen LogP contribution in [0.15, 0.2) is 83.3 Å². The quantitative estimate of drug-likeness (QED) is 0.520. The number of rotatable bonds is 6. The molecule has 4 rings (SSSR count). The van der Waals surface area contributed by atoms with Gasteiger partial charge in [-0.3, -0.25) is 5.32 Å². The summed E-state index contributed by atoms with van der Waals surface area (Å²) in [7, 11) is 0. The van der Waals surface area contributed by atoms with Gasteiger partial charge >= 0.3 is 0 Å². The number of hydrogen-bond acceptors (Lipinski definition) is 4. The lowest BCUT2D eigenvalue weighted by atomic mass is 10.1. The van der Waals surface area contributed by atoms with Crippen molar-refractivity contribution in [1.82, 2.24) is 15.5 Å². The molecule has 4 nitrogen and oxygen atoms in total. The van der Waals surface area contributed by atoms with Crippen LogP contribution in [0.3, 0.4) is 0 Å². The summed E-state index contributed by atoms with van der Waals surface area (Å²) < 4.78 is 32.4. The highest BCUT2D eigenvalue weighted by atomic mass is 19.1. The highest BCUT2D eigenvalue weighted by Crippen LogP contribution is 2.25. The maximum Gasteiger partial charge on any atom is 0.247 e. The summed E-state index contributed by atoms with van der Waals surface area (Å²) in [6.45, 7) is 0.450. The summed E-state index contributed by atoms with van der Waals surface area (Å²) >= 11 is 0. The molecule has 28 heavy (non-hydrogen) atoms. The van der Waals surface area contributed by atoms with Gasteiger partial charge in [-0.05, 0) is 47.5 Å². The van der Waals surface area contributed by atoms with E-state index in [-0.39, 0.29) is 11.6 Å². The Morgan fingerprint density at radius 2 is 1.43 bits per heavy atom. The summed E-state index contributed by atoms with van der Waals surface area (Å²) in [6, 6.07) is 21.4. The largest absolute Gasteiger partial charge is 0.419 e. The number of benzene rings is 3. The van der Waals surface area contributed by atoms with Crippen LogP contribution in [-0.4, -0.2) is 10.2 Å². The van der Waals surface area contributed by atoms with Crippen molar-refractivity contribution in [2.45, 2.75) is 12.6 Å². The van der Waals surface area contributed by atoms with Crippen molar-refractivity contribution in [3.8, 4) is 11.5 Å². The first-order chi connectivity index (χ1) is 13.7. The van der Waals surface area contributed by atoms with Crippen LogP contribution in [0.1, 0.15) is 23.1 Å². The highest BCUT2D eigenvalue weighted by molar-refractivity contribution is 5.51. The van der Waals surface area contributed by atoms with Gasteiger partial charge in [0.15, 0.2) is 0 Å². The van der Waals surface area contributed by atoms with Gasteiger partial charge in [0.25, 0.3) is 0 Å². The molecule has 0 radical (unpaired) electrons. The smallest absolute Gasteiger partial charge is 0.247 e. The Bertz CT molecular complexity index is 1030. The molecule has 1 N–H and O–H groups in total. The fraction of sp³-hybridized carbons (Fsp3) is 0.0909. The molecule has 3 aromatic carbocycles. The first kappa shape index (κ1) is 18.0. The Morgan fingerprint density at radius 1 is 0.786 bits per heavy atom. The van der Waals surface area contributed by atoms with Crippen molar-refractivity contribution in [2.75, 3.05) is 0 Å². The van der Waals surface area contributed by atoms with E-state index in [0.29, 0.717) is 18.3 Å². The molecular formula is C22H17F2N3O. The molecule has 0 saturated carbocycles. The Hall–Kier alpha value is -3.38. The molecule has 4 aromatic rings.